The summed E-state index contributed by atoms with van der Waals surface area (Å²) in [5, 5.41) is 8.76. The fourth-order valence-corrected chi connectivity index (χ4v) is 1.99. The van der Waals surface area contributed by atoms with Crippen molar-refractivity contribution in [1.82, 2.24) is 4.90 Å². The molecule has 1 heterocycles. The maximum Gasteiger partial charge on any atom is 0.309 e. The number of aliphatic carboxylic acids is 1. The minimum Gasteiger partial charge on any atom is -0.481 e. The topological polar surface area (TPSA) is 40.5 Å². The zero-order valence-corrected chi connectivity index (χ0v) is 9.52. The number of benzene rings is 1. The Kier molecular flexibility index (Phi) is 3.25. The minimum atomic E-state index is -0.669. The standard InChI is InChI=1S/C13H17NO2/c1-2-10-3-5-11(6-4-10)7-14-8-12(9-14)13(15)16/h3-6,12H,2,7-9H2,1H3,(H,15,16). The van der Waals surface area contributed by atoms with Crippen LogP contribution in [-0.4, -0.2) is 29.1 Å². The van der Waals surface area contributed by atoms with Crippen LogP contribution in [-0.2, 0) is 17.8 Å². The van der Waals surface area contributed by atoms with Crippen molar-refractivity contribution in [3.8, 4) is 0 Å². The van der Waals surface area contributed by atoms with E-state index in [9.17, 15) is 4.79 Å². The lowest BCUT2D eigenvalue weighted by Crippen LogP contribution is -2.49. The van der Waals surface area contributed by atoms with Crippen molar-refractivity contribution in [3.05, 3.63) is 35.4 Å². The molecule has 3 heteroatoms. The molecule has 1 aliphatic heterocycles. The maximum atomic E-state index is 10.6. The molecule has 0 spiro atoms. The van der Waals surface area contributed by atoms with E-state index in [2.05, 4.69) is 36.1 Å². The van der Waals surface area contributed by atoms with Gasteiger partial charge in [0.2, 0.25) is 0 Å². The van der Waals surface area contributed by atoms with Gasteiger partial charge in [-0.1, -0.05) is 31.2 Å². The molecule has 1 aromatic rings. The number of carbonyl (C=O) groups is 1. The molecule has 2 rings (SSSR count). The molecule has 1 N–H and O–H groups in total. The first-order chi connectivity index (χ1) is 7.69. The van der Waals surface area contributed by atoms with Crippen LogP contribution < -0.4 is 0 Å². The monoisotopic (exact) mass is 219 g/mol. The van der Waals surface area contributed by atoms with Gasteiger partial charge in [-0.05, 0) is 17.5 Å². The maximum absolute atomic E-state index is 10.6. The van der Waals surface area contributed by atoms with Crippen molar-refractivity contribution in [2.75, 3.05) is 13.1 Å². The van der Waals surface area contributed by atoms with Crippen molar-refractivity contribution < 1.29 is 9.90 Å². The number of nitrogens with zero attached hydrogens (tertiary/aromatic N) is 1. The second-order valence-corrected chi connectivity index (χ2v) is 4.40. The second kappa shape index (κ2) is 4.66. The molecule has 3 nitrogen and oxygen atoms in total. The molecule has 0 radical (unpaired) electrons. The van der Waals surface area contributed by atoms with Crippen molar-refractivity contribution in [2.45, 2.75) is 19.9 Å². The van der Waals surface area contributed by atoms with E-state index in [4.69, 9.17) is 5.11 Å². The Balaban J connectivity index is 1.84. The first-order valence-electron chi connectivity index (χ1n) is 5.72. The van der Waals surface area contributed by atoms with Crippen LogP contribution in [0.5, 0.6) is 0 Å². The zero-order chi connectivity index (χ0) is 11.5. The minimum absolute atomic E-state index is 0.157. The van der Waals surface area contributed by atoms with Gasteiger partial charge in [-0.2, -0.15) is 0 Å². The highest BCUT2D eigenvalue weighted by atomic mass is 16.4. The first kappa shape index (κ1) is 11.1. The van der Waals surface area contributed by atoms with Gasteiger partial charge in [-0.3, -0.25) is 9.69 Å². The Labute approximate surface area is 95.7 Å². The molecule has 16 heavy (non-hydrogen) atoms. The number of hydrogen-bond acceptors (Lipinski definition) is 2. The van der Waals surface area contributed by atoms with Crippen molar-refractivity contribution in [2.24, 2.45) is 5.92 Å². The third kappa shape index (κ3) is 2.42. The predicted octanol–water partition coefficient (Wildman–Crippen LogP) is 1.77. The first-order valence-corrected chi connectivity index (χ1v) is 5.72. The molecule has 86 valence electrons. The van der Waals surface area contributed by atoms with Crippen LogP contribution in [0.4, 0.5) is 0 Å². The Morgan fingerprint density at radius 1 is 1.31 bits per heavy atom. The zero-order valence-electron chi connectivity index (χ0n) is 9.52. The molecule has 0 atom stereocenters. The number of likely N-dealkylation sites (tertiary alicyclic amines) is 1. The smallest absolute Gasteiger partial charge is 0.309 e. The van der Waals surface area contributed by atoms with Gasteiger partial charge >= 0.3 is 5.97 Å². The number of rotatable bonds is 4. The summed E-state index contributed by atoms with van der Waals surface area (Å²) in [5.74, 6) is -0.826. The number of aryl methyl sites for hydroxylation is 1. The lowest BCUT2D eigenvalue weighted by atomic mass is 9.99. The second-order valence-electron chi connectivity index (χ2n) is 4.40. The predicted molar refractivity (Wildman–Crippen MR) is 62.2 cm³/mol. The van der Waals surface area contributed by atoms with Crippen LogP contribution in [0.3, 0.4) is 0 Å². The highest BCUT2D eigenvalue weighted by Gasteiger charge is 2.31. The van der Waals surface area contributed by atoms with E-state index in [-0.39, 0.29) is 5.92 Å². The average molecular weight is 219 g/mol. The Morgan fingerprint density at radius 3 is 2.38 bits per heavy atom. The van der Waals surface area contributed by atoms with E-state index in [0.717, 1.165) is 13.0 Å². The number of carboxylic acids is 1. The largest absolute Gasteiger partial charge is 0.481 e. The van der Waals surface area contributed by atoms with Gasteiger partial charge in [-0.25, -0.2) is 0 Å². The third-order valence-corrected chi connectivity index (χ3v) is 3.14. The summed E-state index contributed by atoms with van der Waals surface area (Å²) in [4.78, 5) is 12.8. The van der Waals surface area contributed by atoms with E-state index in [1.54, 1.807) is 0 Å². The average Bonchev–Trinajstić information content (AvgIpc) is 2.23. The summed E-state index contributed by atoms with van der Waals surface area (Å²) in [6.07, 6.45) is 1.06. The van der Waals surface area contributed by atoms with Gasteiger partial charge in [-0.15, -0.1) is 0 Å². The van der Waals surface area contributed by atoms with E-state index < -0.39 is 5.97 Å². The molecule has 0 aliphatic carbocycles. The Bertz CT molecular complexity index is 366. The van der Waals surface area contributed by atoms with Crippen LogP contribution in [0, 0.1) is 5.92 Å². The quantitative estimate of drug-likeness (QED) is 0.839. The summed E-state index contributed by atoms with van der Waals surface area (Å²) in [7, 11) is 0. The normalized spacial score (nSPS) is 17.1. The molecule has 0 unspecified atom stereocenters. The third-order valence-electron chi connectivity index (χ3n) is 3.14. The van der Waals surface area contributed by atoms with Crippen LogP contribution in [0.25, 0.3) is 0 Å². The van der Waals surface area contributed by atoms with E-state index in [1.165, 1.54) is 11.1 Å². The highest BCUT2D eigenvalue weighted by molar-refractivity contribution is 5.71. The Morgan fingerprint density at radius 2 is 1.88 bits per heavy atom. The van der Waals surface area contributed by atoms with Crippen LogP contribution in [0.1, 0.15) is 18.1 Å². The molecule has 1 aromatic carbocycles. The molecular formula is C13H17NO2. The Hall–Kier alpha value is -1.35. The number of hydrogen-bond donors (Lipinski definition) is 1. The van der Waals surface area contributed by atoms with Gasteiger partial charge < -0.3 is 5.11 Å². The summed E-state index contributed by atoms with van der Waals surface area (Å²) in [5.41, 5.74) is 2.61. The SMILES string of the molecule is CCc1ccc(CN2CC(C(=O)O)C2)cc1. The highest BCUT2D eigenvalue weighted by Crippen LogP contribution is 2.18. The molecule has 0 amide bonds. The fraction of sp³-hybridized carbons (Fsp3) is 0.462. The summed E-state index contributed by atoms with van der Waals surface area (Å²) >= 11 is 0. The van der Waals surface area contributed by atoms with Gasteiger partial charge in [0.1, 0.15) is 0 Å². The summed E-state index contributed by atoms with van der Waals surface area (Å²) in [6.45, 7) is 4.38. The van der Waals surface area contributed by atoms with E-state index >= 15 is 0 Å². The molecule has 0 bridgehead atoms. The van der Waals surface area contributed by atoms with E-state index in [0.29, 0.717) is 13.1 Å². The molecule has 1 aliphatic rings. The van der Waals surface area contributed by atoms with Crippen LogP contribution in [0.2, 0.25) is 0 Å². The molecule has 1 fully saturated rings. The molecule has 0 saturated carbocycles. The van der Waals surface area contributed by atoms with Crippen molar-refractivity contribution in [1.29, 1.82) is 0 Å². The van der Waals surface area contributed by atoms with Gasteiger partial charge in [0.05, 0.1) is 5.92 Å². The van der Waals surface area contributed by atoms with Gasteiger partial charge in [0.25, 0.3) is 0 Å². The molecule has 1 saturated heterocycles. The van der Waals surface area contributed by atoms with Crippen molar-refractivity contribution >= 4 is 5.97 Å². The van der Waals surface area contributed by atoms with E-state index in [1.807, 2.05) is 0 Å². The lowest BCUT2D eigenvalue weighted by Gasteiger charge is -2.36. The van der Waals surface area contributed by atoms with Crippen LogP contribution >= 0.6 is 0 Å². The molecule has 0 aromatic heterocycles. The van der Waals surface area contributed by atoms with Gasteiger partial charge in [0, 0.05) is 19.6 Å². The van der Waals surface area contributed by atoms with Gasteiger partial charge in [0.15, 0.2) is 0 Å². The lowest BCUT2D eigenvalue weighted by molar-refractivity contribution is -0.147. The molecular weight excluding hydrogens is 202 g/mol. The summed E-state index contributed by atoms with van der Waals surface area (Å²) < 4.78 is 0. The fourth-order valence-electron chi connectivity index (χ4n) is 1.99. The summed E-state index contributed by atoms with van der Waals surface area (Å²) in [6, 6.07) is 8.55. The van der Waals surface area contributed by atoms with Crippen LogP contribution in [0.15, 0.2) is 24.3 Å². The van der Waals surface area contributed by atoms with Crippen molar-refractivity contribution in [3.63, 3.8) is 0 Å². The number of carboxylic acid groups (broad SMARTS) is 1.